The van der Waals surface area contributed by atoms with Gasteiger partial charge in [0, 0.05) is 12.5 Å². The summed E-state index contributed by atoms with van der Waals surface area (Å²) in [6.07, 6.45) is 13.8. The molecule has 1 N–H and O–H groups in total. The molecule has 2 atom stereocenters. The Hall–Kier alpha value is -0.530. The minimum atomic E-state index is 0.0960. The van der Waals surface area contributed by atoms with Gasteiger partial charge < -0.3 is 5.32 Å². The summed E-state index contributed by atoms with van der Waals surface area (Å²) in [5.74, 6) is 2.05. The lowest BCUT2D eigenvalue weighted by Gasteiger charge is -2.40. The molecule has 0 aromatic rings. The second-order valence-corrected chi connectivity index (χ2v) is 8.47. The summed E-state index contributed by atoms with van der Waals surface area (Å²) in [5, 5.41) is 3.21. The fraction of sp³-hybridized carbons (Fsp3) is 0.947. The number of hydrogen-bond acceptors (Lipinski definition) is 1. The molecule has 2 rings (SSSR count). The van der Waals surface area contributed by atoms with Crippen LogP contribution in [0.4, 0.5) is 0 Å². The smallest absolute Gasteiger partial charge is 0.223 e. The Morgan fingerprint density at radius 3 is 1.90 bits per heavy atom. The normalized spacial score (nSPS) is 30.7. The third-order valence-electron chi connectivity index (χ3n) is 5.76. The molecule has 1 saturated carbocycles. The highest BCUT2D eigenvalue weighted by Crippen LogP contribution is 2.39. The van der Waals surface area contributed by atoms with Crippen molar-refractivity contribution in [3.05, 3.63) is 0 Å². The first-order valence-corrected chi connectivity index (χ1v) is 9.26. The van der Waals surface area contributed by atoms with Gasteiger partial charge in [-0.2, -0.15) is 0 Å². The number of carbonyl (C=O) groups is 1. The van der Waals surface area contributed by atoms with Crippen LogP contribution in [0.25, 0.3) is 0 Å². The Balaban J connectivity index is 1.96. The van der Waals surface area contributed by atoms with Gasteiger partial charge in [0.2, 0.25) is 5.91 Å². The van der Waals surface area contributed by atoms with Gasteiger partial charge in [-0.25, -0.2) is 0 Å². The first kappa shape index (κ1) is 16.8. The number of hydrogen-bond donors (Lipinski definition) is 1. The van der Waals surface area contributed by atoms with Crippen molar-refractivity contribution in [1.29, 1.82) is 0 Å². The average molecular weight is 293 g/mol. The molecule has 1 aliphatic carbocycles. The number of piperidine rings is 1. The topological polar surface area (TPSA) is 29.1 Å². The maximum absolute atomic E-state index is 12.2. The quantitative estimate of drug-likeness (QED) is 0.730. The molecule has 21 heavy (non-hydrogen) atoms. The summed E-state index contributed by atoms with van der Waals surface area (Å²) < 4.78 is 0. The highest BCUT2D eigenvalue weighted by Gasteiger charge is 2.38. The zero-order valence-electron chi connectivity index (χ0n) is 14.4. The lowest BCUT2D eigenvalue weighted by atomic mass is 9.69. The Morgan fingerprint density at radius 2 is 1.38 bits per heavy atom. The average Bonchev–Trinajstić information content (AvgIpc) is 2.44. The maximum atomic E-state index is 12.2. The number of nitrogens with one attached hydrogen (secondary N) is 1. The highest BCUT2D eigenvalue weighted by atomic mass is 16.2. The lowest BCUT2D eigenvalue weighted by molar-refractivity contribution is -0.132. The molecule has 0 bridgehead atoms. The molecule has 1 saturated heterocycles. The fourth-order valence-electron chi connectivity index (χ4n) is 4.27. The molecule has 0 spiro atoms. The van der Waals surface area contributed by atoms with Crippen LogP contribution in [0.15, 0.2) is 0 Å². The van der Waals surface area contributed by atoms with Crippen LogP contribution in [0.2, 0.25) is 0 Å². The van der Waals surface area contributed by atoms with E-state index in [9.17, 15) is 4.79 Å². The first-order valence-electron chi connectivity index (χ1n) is 9.26. The van der Waals surface area contributed by atoms with Gasteiger partial charge in [-0.1, -0.05) is 78.6 Å². The predicted molar refractivity (Wildman–Crippen MR) is 89.1 cm³/mol. The summed E-state index contributed by atoms with van der Waals surface area (Å²) in [7, 11) is 0. The van der Waals surface area contributed by atoms with E-state index in [1.54, 1.807) is 0 Å². The Morgan fingerprint density at radius 1 is 0.857 bits per heavy atom. The van der Waals surface area contributed by atoms with E-state index in [1.165, 1.54) is 57.8 Å². The van der Waals surface area contributed by atoms with Crippen LogP contribution < -0.4 is 5.32 Å². The Kier molecular flexibility index (Phi) is 6.13. The molecule has 0 aromatic carbocycles. The molecule has 2 aliphatic rings. The number of amides is 1. The van der Waals surface area contributed by atoms with Crippen molar-refractivity contribution in [2.45, 2.75) is 85.0 Å². The molecule has 1 heterocycles. The van der Waals surface area contributed by atoms with Crippen molar-refractivity contribution in [3.63, 3.8) is 0 Å². The van der Waals surface area contributed by atoms with Gasteiger partial charge in [0.05, 0.1) is 0 Å². The largest absolute Gasteiger partial charge is 0.356 e. The molecule has 2 nitrogen and oxygen atoms in total. The molecule has 122 valence electrons. The fourth-order valence-corrected chi connectivity index (χ4v) is 4.27. The number of rotatable bonds is 1. The molecule has 1 amide bonds. The van der Waals surface area contributed by atoms with E-state index in [2.05, 4.69) is 26.1 Å². The summed E-state index contributed by atoms with van der Waals surface area (Å²) in [6.45, 7) is 7.57. The van der Waals surface area contributed by atoms with Crippen molar-refractivity contribution >= 4 is 5.91 Å². The van der Waals surface area contributed by atoms with E-state index < -0.39 is 0 Å². The predicted octanol–water partition coefficient (Wildman–Crippen LogP) is 4.93. The molecule has 2 unspecified atom stereocenters. The van der Waals surface area contributed by atoms with Crippen molar-refractivity contribution in [1.82, 2.24) is 5.32 Å². The number of carbonyl (C=O) groups excluding carboxylic acids is 1. The van der Waals surface area contributed by atoms with Gasteiger partial charge in [0.25, 0.3) is 0 Å². The van der Waals surface area contributed by atoms with Crippen LogP contribution in [-0.4, -0.2) is 12.5 Å². The first-order chi connectivity index (χ1) is 9.98. The van der Waals surface area contributed by atoms with Crippen LogP contribution in [-0.2, 0) is 4.79 Å². The summed E-state index contributed by atoms with van der Waals surface area (Å²) in [6, 6.07) is 0. The molecule has 2 heteroatoms. The maximum Gasteiger partial charge on any atom is 0.223 e. The zero-order chi connectivity index (χ0) is 15.3. The summed E-state index contributed by atoms with van der Waals surface area (Å²) >= 11 is 0. The van der Waals surface area contributed by atoms with Gasteiger partial charge in [-0.05, 0) is 23.7 Å². The van der Waals surface area contributed by atoms with E-state index in [1.807, 2.05) is 0 Å². The van der Waals surface area contributed by atoms with Gasteiger partial charge in [0.15, 0.2) is 0 Å². The van der Waals surface area contributed by atoms with Gasteiger partial charge in [-0.3, -0.25) is 4.79 Å². The molecular formula is C19H35NO. The SMILES string of the molecule is CC(C)(C)C1CC(C2CCCCCCCCC2)CNC1=O. The Bertz CT molecular complexity index is 321. The lowest BCUT2D eigenvalue weighted by Crippen LogP contribution is -2.48. The molecule has 0 radical (unpaired) electrons. The van der Waals surface area contributed by atoms with Crippen LogP contribution >= 0.6 is 0 Å². The van der Waals surface area contributed by atoms with E-state index in [0.29, 0.717) is 11.8 Å². The van der Waals surface area contributed by atoms with E-state index >= 15 is 0 Å². The van der Waals surface area contributed by atoms with E-state index in [-0.39, 0.29) is 11.3 Å². The second-order valence-electron chi connectivity index (χ2n) is 8.47. The molecule has 1 aliphatic heterocycles. The monoisotopic (exact) mass is 293 g/mol. The minimum Gasteiger partial charge on any atom is -0.356 e. The standard InChI is InChI=1S/C19H35NO/c1-19(2,3)17-13-16(14-20-18(17)21)15-11-9-7-5-4-6-8-10-12-15/h15-17H,4-14H2,1-3H3,(H,20,21). The minimum absolute atomic E-state index is 0.0960. The van der Waals surface area contributed by atoms with Gasteiger partial charge >= 0.3 is 0 Å². The molecular weight excluding hydrogens is 258 g/mol. The molecule has 0 aromatic heterocycles. The van der Waals surface area contributed by atoms with Crippen LogP contribution in [0.1, 0.15) is 85.0 Å². The third kappa shape index (κ3) is 5.00. The van der Waals surface area contributed by atoms with Crippen molar-refractivity contribution in [2.75, 3.05) is 6.54 Å². The van der Waals surface area contributed by atoms with Crippen molar-refractivity contribution in [2.24, 2.45) is 23.2 Å². The second kappa shape index (κ2) is 7.65. The van der Waals surface area contributed by atoms with Crippen LogP contribution in [0.5, 0.6) is 0 Å². The van der Waals surface area contributed by atoms with Gasteiger partial charge in [0.1, 0.15) is 0 Å². The zero-order valence-corrected chi connectivity index (χ0v) is 14.4. The molecule has 2 fully saturated rings. The van der Waals surface area contributed by atoms with E-state index in [0.717, 1.165) is 18.9 Å². The van der Waals surface area contributed by atoms with Crippen molar-refractivity contribution in [3.8, 4) is 0 Å². The highest BCUT2D eigenvalue weighted by molar-refractivity contribution is 5.80. The van der Waals surface area contributed by atoms with Gasteiger partial charge in [-0.15, -0.1) is 0 Å². The van der Waals surface area contributed by atoms with E-state index in [4.69, 9.17) is 0 Å². The summed E-state index contributed by atoms with van der Waals surface area (Å²) in [4.78, 5) is 12.2. The van der Waals surface area contributed by atoms with Crippen molar-refractivity contribution < 1.29 is 4.79 Å². The Labute approximate surface area is 131 Å². The third-order valence-corrected chi connectivity index (χ3v) is 5.76. The van der Waals surface area contributed by atoms with Crippen LogP contribution in [0.3, 0.4) is 0 Å². The summed E-state index contributed by atoms with van der Waals surface area (Å²) in [5.41, 5.74) is 0.0960. The van der Waals surface area contributed by atoms with Crippen LogP contribution in [0, 0.1) is 23.2 Å².